The van der Waals surface area contributed by atoms with Gasteiger partial charge in [0.15, 0.2) is 0 Å². The molecule has 5 aromatic carbocycles. The highest BCUT2D eigenvalue weighted by Gasteiger charge is 2.35. The summed E-state index contributed by atoms with van der Waals surface area (Å²) < 4.78 is 0. The van der Waals surface area contributed by atoms with Crippen LogP contribution in [0.4, 0.5) is 0 Å². The summed E-state index contributed by atoms with van der Waals surface area (Å²) in [5.41, 5.74) is 15.9. The van der Waals surface area contributed by atoms with Gasteiger partial charge >= 0.3 is 0 Å². The highest BCUT2D eigenvalue weighted by molar-refractivity contribution is 6.23. The summed E-state index contributed by atoms with van der Waals surface area (Å²) in [5, 5.41) is 5.81. The lowest BCUT2D eigenvalue weighted by molar-refractivity contribution is 1.08. The first-order valence-corrected chi connectivity index (χ1v) is 11.6. The summed E-state index contributed by atoms with van der Waals surface area (Å²) in [7, 11) is 0. The first-order valence-electron chi connectivity index (χ1n) is 11.6. The molecule has 1 atom stereocenters. The molecule has 0 nitrogen and oxygen atoms in total. The van der Waals surface area contributed by atoms with Crippen LogP contribution in [-0.2, 0) is 6.42 Å². The summed E-state index contributed by atoms with van der Waals surface area (Å²) in [5.74, 6) is 0.385. The van der Waals surface area contributed by atoms with Crippen LogP contribution in [-0.4, -0.2) is 0 Å². The third kappa shape index (κ3) is 1.58. The van der Waals surface area contributed by atoms with E-state index >= 15 is 0 Å². The molecule has 0 N–H and O–H groups in total. The molecule has 0 saturated carbocycles. The van der Waals surface area contributed by atoms with Gasteiger partial charge in [-0.1, -0.05) is 91.0 Å². The normalized spacial score (nSPS) is 17.6. The predicted octanol–water partition coefficient (Wildman–Crippen LogP) is 8.10. The van der Waals surface area contributed by atoms with Gasteiger partial charge in [-0.3, -0.25) is 0 Å². The van der Waals surface area contributed by atoms with E-state index in [2.05, 4.69) is 91.0 Å². The van der Waals surface area contributed by atoms with Crippen LogP contribution in [0.25, 0.3) is 55.4 Å². The maximum Gasteiger partial charge on any atom is 0.0291 e. The fourth-order valence-corrected chi connectivity index (χ4v) is 7.08. The van der Waals surface area contributed by atoms with E-state index < -0.39 is 0 Å². The minimum Gasteiger partial charge on any atom is -0.0720 e. The van der Waals surface area contributed by atoms with Gasteiger partial charge in [-0.15, -0.1) is 0 Å². The van der Waals surface area contributed by atoms with Crippen LogP contribution in [0.15, 0.2) is 84.9 Å². The van der Waals surface area contributed by atoms with Crippen molar-refractivity contribution in [3.05, 3.63) is 118 Å². The molecule has 1 unspecified atom stereocenters. The molecule has 0 heteroatoms. The zero-order valence-electron chi connectivity index (χ0n) is 17.4. The van der Waals surface area contributed by atoms with Gasteiger partial charge in [0, 0.05) is 5.92 Å². The van der Waals surface area contributed by atoms with Gasteiger partial charge in [0.1, 0.15) is 0 Å². The van der Waals surface area contributed by atoms with Gasteiger partial charge in [-0.2, -0.15) is 0 Å². The Morgan fingerprint density at radius 1 is 0.625 bits per heavy atom. The molecular weight excluding hydrogens is 384 g/mol. The summed E-state index contributed by atoms with van der Waals surface area (Å²) in [6, 6.07) is 27.4. The molecule has 4 aliphatic rings. The Bertz CT molecular complexity index is 1790. The van der Waals surface area contributed by atoms with Crippen molar-refractivity contribution in [3.8, 4) is 22.3 Å². The number of rotatable bonds is 0. The number of benzene rings is 5. The Hall–Kier alpha value is -3.90. The minimum atomic E-state index is 0.385. The van der Waals surface area contributed by atoms with Crippen molar-refractivity contribution in [1.29, 1.82) is 0 Å². The average Bonchev–Trinajstić information content (AvgIpc) is 3.36. The average molecular weight is 402 g/mol. The van der Waals surface area contributed by atoms with Crippen molar-refractivity contribution >= 4 is 33.2 Å². The quantitative estimate of drug-likeness (QED) is 0.225. The minimum absolute atomic E-state index is 0.385. The maximum atomic E-state index is 2.48. The molecule has 4 aliphatic carbocycles. The van der Waals surface area contributed by atoms with Crippen LogP contribution in [0.3, 0.4) is 0 Å². The molecule has 0 spiro atoms. The Morgan fingerprint density at radius 3 is 2.28 bits per heavy atom. The van der Waals surface area contributed by atoms with Crippen molar-refractivity contribution in [1.82, 2.24) is 0 Å². The molecular formula is C32H18. The monoisotopic (exact) mass is 402 g/mol. The predicted molar refractivity (Wildman–Crippen MR) is 134 cm³/mol. The summed E-state index contributed by atoms with van der Waals surface area (Å²) in [4.78, 5) is 0. The third-order valence-electron chi connectivity index (χ3n) is 8.28. The van der Waals surface area contributed by atoms with Crippen LogP contribution >= 0.6 is 0 Å². The van der Waals surface area contributed by atoms with E-state index in [4.69, 9.17) is 0 Å². The van der Waals surface area contributed by atoms with Crippen molar-refractivity contribution in [2.75, 3.05) is 0 Å². The number of fused-ring (bicyclic) bond motifs is 8. The second kappa shape index (κ2) is 5.11. The zero-order valence-corrected chi connectivity index (χ0v) is 17.4. The highest BCUT2D eigenvalue weighted by Crippen LogP contribution is 2.56. The summed E-state index contributed by atoms with van der Waals surface area (Å²) in [6.07, 6.45) is 8.37. The van der Waals surface area contributed by atoms with Crippen LogP contribution < -0.4 is 0 Å². The second-order valence-electron chi connectivity index (χ2n) is 9.54. The van der Waals surface area contributed by atoms with E-state index in [1.165, 1.54) is 82.8 Å². The van der Waals surface area contributed by atoms with Crippen molar-refractivity contribution in [3.63, 3.8) is 0 Å². The molecule has 0 saturated heterocycles. The molecule has 0 amide bonds. The van der Waals surface area contributed by atoms with E-state index in [9.17, 15) is 0 Å². The van der Waals surface area contributed by atoms with Gasteiger partial charge in [0.05, 0.1) is 0 Å². The van der Waals surface area contributed by atoms with E-state index in [1.54, 1.807) is 0 Å². The third-order valence-corrected chi connectivity index (χ3v) is 8.28. The number of hydrogen-bond donors (Lipinski definition) is 0. The maximum absolute atomic E-state index is 2.48. The Morgan fingerprint density at radius 2 is 1.38 bits per heavy atom. The molecule has 146 valence electrons. The van der Waals surface area contributed by atoms with Gasteiger partial charge < -0.3 is 0 Å². The molecule has 32 heavy (non-hydrogen) atoms. The van der Waals surface area contributed by atoms with Crippen molar-refractivity contribution in [2.45, 2.75) is 12.3 Å². The number of allylic oxidation sites excluding steroid dienone is 2. The molecule has 0 fully saturated rings. The molecule has 0 heterocycles. The largest absolute Gasteiger partial charge is 0.0720 e. The highest BCUT2D eigenvalue weighted by atomic mass is 14.4. The first kappa shape index (κ1) is 15.8. The lowest BCUT2D eigenvalue weighted by atomic mass is 9.77. The number of hydrogen-bond acceptors (Lipinski definition) is 0. The van der Waals surface area contributed by atoms with E-state index in [1.807, 2.05) is 0 Å². The summed E-state index contributed by atoms with van der Waals surface area (Å²) in [6.45, 7) is 0. The van der Waals surface area contributed by atoms with E-state index in [-0.39, 0.29) is 0 Å². The van der Waals surface area contributed by atoms with Crippen LogP contribution in [0.2, 0.25) is 0 Å². The van der Waals surface area contributed by atoms with Crippen molar-refractivity contribution < 1.29 is 0 Å². The molecule has 0 aliphatic heterocycles. The zero-order chi connectivity index (χ0) is 20.6. The van der Waals surface area contributed by atoms with Gasteiger partial charge in [0.2, 0.25) is 0 Å². The molecule has 0 aromatic heterocycles. The van der Waals surface area contributed by atoms with Crippen LogP contribution in [0.1, 0.15) is 39.3 Å². The van der Waals surface area contributed by atoms with Gasteiger partial charge in [-0.05, 0) is 89.2 Å². The van der Waals surface area contributed by atoms with Crippen LogP contribution in [0.5, 0.6) is 0 Å². The van der Waals surface area contributed by atoms with Gasteiger partial charge in [-0.25, -0.2) is 0 Å². The topological polar surface area (TPSA) is 0 Å². The van der Waals surface area contributed by atoms with Gasteiger partial charge in [0.25, 0.3) is 0 Å². The Balaban J connectivity index is 1.48. The lowest BCUT2D eigenvalue weighted by Gasteiger charge is -2.26. The molecule has 0 bridgehead atoms. The van der Waals surface area contributed by atoms with E-state index in [0.29, 0.717) is 5.92 Å². The van der Waals surface area contributed by atoms with Crippen LogP contribution in [0, 0.1) is 0 Å². The standard InChI is InChI=1S/C32H18/c1-2-6-18-17(5-1)21-9-13-25-27-15-11-23-19-7-3-4-8-20(19)24-12-16-28(32(27)30(23)24)26-14-10-22(18)29(21)31(25)26/h1-15,22H,16H2. The smallest absolute Gasteiger partial charge is 0.0291 e. The van der Waals surface area contributed by atoms with E-state index in [0.717, 1.165) is 6.42 Å². The SMILES string of the molecule is C1=CC2c3ccccc3-c3ccc4c(c1c1c5c6c(ccc54)-c4ccccc4C6=CC1)c32. The molecule has 0 radical (unpaired) electrons. The molecule has 5 aromatic rings. The first-order chi connectivity index (χ1) is 15.9. The fraction of sp³-hybridized carbons (Fsp3) is 0.0625. The second-order valence-corrected chi connectivity index (χ2v) is 9.54. The molecule has 9 rings (SSSR count). The van der Waals surface area contributed by atoms with Crippen molar-refractivity contribution in [2.24, 2.45) is 0 Å². The Kier molecular flexibility index (Phi) is 2.53. The lowest BCUT2D eigenvalue weighted by Crippen LogP contribution is -2.06. The fourth-order valence-electron chi connectivity index (χ4n) is 7.08. The Labute approximate surface area is 186 Å². The summed E-state index contributed by atoms with van der Waals surface area (Å²) >= 11 is 0.